The zero-order valence-corrected chi connectivity index (χ0v) is 16.9. The predicted molar refractivity (Wildman–Crippen MR) is 115 cm³/mol. The van der Waals surface area contributed by atoms with Gasteiger partial charge in [-0.25, -0.2) is 0 Å². The molecule has 4 rings (SSSR count). The average Bonchev–Trinajstić information content (AvgIpc) is 2.75. The van der Waals surface area contributed by atoms with Gasteiger partial charge in [0.1, 0.15) is 0 Å². The highest BCUT2D eigenvalue weighted by atomic mass is 35.5. The first kappa shape index (κ1) is 18.7. The molecule has 0 saturated heterocycles. The maximum absolute atomic E-state index is 5.98. The molecule has 0 atom stereocenters. The molecule has 2 heteroatoms. The van der Waals surface area contributed by atoms with E-state index in [1.165, 1.54) is 56.9 Å². The second-order valence-electron chi connectivity index (χ2n) is 8.51. The Hall–Kier alpha value is -1.60. The lowest BCUT2D eigenvalue weighted by molar-refractivity contribution is 0.171. The Morgan fingerprint density at radius 3 is 2.00 bits per heavy atom. The Morgan fingerprint density at radius 2 is 1.44 bits per heavy atom. The van der Waals surface area contributed by atoms with Crippen molar-refractivity contribution in [3.05, 3.63) is 65.8 Å². The lowest BCUT2D eigenvalue weighted by atomic mass is 9.68. The average molecular weight is 380 g/mol. The summed E-state index contributed by atoms with van der Waals surface area (Å²) in [4.78, 5) is 4.73. The zero-order chi connectivity index (χ0) is 18.6. The van der Waals surface area contributed by atoms with Crippen molar-refractivity contribution in [1.29, 1.82) is 0 Å². The molecule has 2 saturated carbocycles. The van der Waals surface area contributed by atoms with Crippen molar-refractivity contribution in [1.82, 2.24) is 4.98 Å². The Labute approximate surface area is 168 Å². The molecular formula is C25H30ClN. The van der Waals surface area contributed by atoms with E-state index < -0.39 is 0 Å². The molecule has 2 aromatic rings. The van der Waals surface area contributed by atoms with Crippen LogP contribution < -0.4 is 0 Å². The number of hydrogen-bond donors (Lipinski definition) is 0. The van der Waals surface area contributed by atoms with Crippen molar-refractivity contribution in [2.45, 2.75) is 57.3 Å². The molecule has 0 amide bonds. The number of benzene rings is 1. The minimum absolute atomic E-state index is 0.692. The van der Waals surface area contributed by atoms with Crippen molar-refractivity contribution in [3.63, 3.8) is 0 Å². The van der Waals surface area contributed by atoms with Gasteiger partial charge in [0.15, 0.2) is 0 Å². The largest absolute Gasteiger partial charge is 0.256 e. The first-order valence-corrected chi connectivity index (χ1v) is 10.9. The number of hydrogen-bond acceptors (Lipinski definition) is 1. The highest BCUT2D eigenvalue weighted by molar-refractivity contribution is 6.30. The summed E-state index contributed by atoms with van der Waals surface area (Å²) in [5.41, 5.74) is 3.58. The normalized spacial score (nSPS) is 28.6. The van der Waals surface area contributed by atoms with Gasteiger partial charge < -0.3 is 0 Å². The van der Waals surface area contributed by atoms with E-state index in [4.69, 9.17) is 16.6 Å². The molecule has 0 N–H and O–H groups in total. The molecule has 0 unspecified atom stereocenters. The fraction of sp³-hybridized carbons (Fsp3) is 0.480. The standard InChI is InChI=1S/C25H30ClN/c1-2-18-3-5-19(6-4-18)20-7-9-21(10-8-20)23-13-16-25(27-17-23)22-11-14-24(26)15-12-22/h2,11-21H,1,3-10H2. The zero-order valence-electron chi connectivity index (χ0n) is 16.1. The molecule has 2 aliphatic rings. The van der Waals surface area contributed by atoms with E-state index in [0.29, 0.717) is 5.92 Å². The van der Waals surface area contributed by atoms with Crippen LogP contribution in [0, 0.1) is 17.8 Å². The number of nitrogens with zero attached hydrogens (tertiary/aromatic N) is 1. The van der Waals surface area contributed by atoms with E-state index in [1.807, 2.05) is 24.3 Å². The van der Waals surface area contributed by atoms with Gasteiger partial charge in [0.05, 0.1) is 5.69 Å². The van der Waals surface area contributed by atoms with E-state index in [1.54, 1.807) is 0 Å². The van der Waals surface area contributed by atoms with E-state index >= 15 is 0 Å². The van der Waals surface area contributed by atoms with Gasteiger partial charge in [-0.2, -0.15) is 0 Å². The van der Waals surface area contributed by atoms with Crippen molar-refractivity contribution < 1.29 is 0 Å². The summed E-state index contributed by atoms with van der Waals surface area (Å²) in [5, 5.41) is 0.769. The van der Waals surface area contributed by atoms with Crippen LogP contribution in [-0.4, -0.2) is 4.98 Å². The van der Waals surface area contributed by atoms with E-state index in [9.17, 15) is 0 Å². The summed E-state index contributed by atoms with van der Waals surface area (Å²) in [6, 6.07) is 12.4. The maximum Gasteiger partial charge on any atom is 0.0702 e. The Kier molecular flexibility index (Phi) is 5.98. The summed E-state index contributed by atoms with van der Waals surface area (Å²) in [7, 11) is 0. The number of aromatic nitrogens is 1. The van der Waals surface area contributed by atoms with Crippen molar-refractivity contribution >= 4 is 11.6 Å². The molecule has 27 heavy (non-hydrogen) atoms. The van der Waals surface area contributed by atoms with Gasteiger partial charge in [0.25, 0.3) is 0 Å². The van der Waals surface area contributed by atoms with Gasteiger partial charge in [-0.15, -0.1) is 6.58 Å². The summed E-state index contributed by atoms with van der Waals surface area (Å²) in [5.74, 6) is 3.39. The molecule has 0 aliphatic heterocycles. The summed E-state index contributed by atoms with van der Waals surface area (Å²) >= 11 is 5.98. The van der Waals surface area contributed by atoms with E-state index in [0.717, 1.165) is 34.0 Å². The third-order valence-corrected chi connectivity index (χ3v) is 7.24. The lowest BCUT2D eigenvalue weighted by Crippen LogP contribution is -2.25. The molecule has 2 aliphatic carbocycles. The van der Waals surface area contributed by atoms with Crippen LogP contribution in [0.15, 0.2) is 55.3 Å². The van der Waals surface area contributed by atoms with Crippen LogP contribution in [0.2, 0.25) is 5.02 Å². The molecule has 1 aromatic carbocycles. The third-order valence-electron chi connectivity index (χ3n) is 6.99. The van der Waals surface area contributed by atoms with E-state index in [-0.39, 0.29) is 0 Å². The fourth-order valence-corrected chi connectivity index (χ4v) is 5.34. The molecular weight excluding hydrogens is 350 g/mol. The van der Waals surface area contributed by atoms with Crippen molar-refractivity contribution in [2.75, 3.05) is 0 Å². The van der Waals surface area contributed by atoms with Gasteiger partial charge >= 0.3 is 0 Å². The topological polar surface area (TPSA) is 12.9 Å². The van der Waals surface area contributed by atoms with Crippen LogP contribution >= 0.6 is 11.6 Å². The predicted octanol–water partition coefficient (Wildman–Crippen LogP) is 7.67. The van der Waals surface area contributed by atoms with Crippen LogP contribution in [0.3, 0.4) is 0 Å². The van der Waals surface area contributed by atoms with Crippen molar-refractivity contribution in [2.24, 2.45) is 17.8 Å². The minimum Gasteiger partial charge on any atom is -0.256 e. The van der Waals surface area contributed by atoms with Crippen LogP contribution in [0.1, 0.15) is 62.8 Å². The van der Waals surface area contributed by atoms with Crippen LogP contribution in [0.4, 0.5) is 0 Å². The molecule has 2 fully saturated rings. The first-order chi connectivity index (χ1) is 13.2. The molecule has 1 aromatic heterocycles. The van der Waals surface area contributed by atoms with Gasteiger partial charge in [-0.05, 0) is 98.8 Å². The summed E-state index contributed by atoms with van der Waals surface area (Å²) in [6.45, 7) is 3.98. The second-order valence-corrected chi connectivity index (χ2v) is 8.94. The van der Waals surface area contributed by atoms with Gasteiger partial charge in [-0.1, -0.05) is 35.9 Å². The summed E-state index contributed by atoms with van der Waals surface area (Å²) < 4.78 is 0. The number of pyridine rings is 1. The smallest absolute Gasteiger partial charge is 0.0702 e. The molecule has 142 valence electrons. The van der Waals surface area contributed by atoms with Crippen LogP contribution in [-0.2, 0) is 0 Å². The maximum atomic E-state index is 5.98. The Balaban J connectivity index is 1.33. The molecule has 0 bridgehead atoms. The van der Waals surface area contributed by atoms with Gasteiger partial charge in [-0.3, -0.25) is 4.98 Å². The highest BCUT2D eigenvalue weighted by Gasteiger charge is 2.30. The summed E-state index contributed by atoms with van der Waals surface area (Å²) in [6.07, 6.45) is 15.3. The Morgan fingerprint density at radius 1 is 0.815 bits per heavy atom. The van der Waals surface area contributed by atoms with E-state index in [2.05, 4.69) is 31.0 Å². The van der Waals surface area contributed by atoms with Crippen LogP contribution in [0.25, 0.3) is 11.3 Å². The lowest BCUT2D eigenvalue weighted by Gasteiger charge is -2.37. The number of rotatable bonds is 4. The van der Waals surface area contributed by atoms with Crippen molar-refractivity contribution in [3.8, 4) is 11.3 Å². The first-order valence-electron chi connectivity index (χ1n) is 10.6. The number of halogens is 1. The second kappa shape index (κ2) is 8.61. The quantitative estimate of drug-likeness (QED) is 0.496. The molecule has 0 spiro atoms. The molecule has 1 heterocycles. The fourth-order valence-electron chi connectivity index (χ4n) is 5.21. The van der Waals surface area contributed by atoms with Crippen LogP contribution in [0.5, 0.6) is 0 Å². The minimum atomic E-state index is 0.692. The molecule has 1 nitrogen and oxygen atoms in total. The molecule has 0 radical (unpaired) electrons. The Bertz CT molecular complexity index is 733. The SMILES string of the molecule is C=CC1CCC(C2CCC(c3ccc(-c4ccc(Cl)cc4)nc3)CC2)CC1. The van der Waals surface area contributed by atoms with Gasteiger partial charge in [0, 0.05) is 16.8 Å². The third kappa shape index (κ3) is 4.46. The highest BCUT2D eigenvalue weighted by Crippen LogP contribution is 2.44. The number of allylic oxidation sites excluding steroid dienone is 1. The van der Waals surface area contributed by atoms with Gasteiger partial charge in [0.2, 0.25) is 0 Å². The monoisotopic (exact) mass is 379 g/mol.